The molecule has 0 fully saturated rings. The monoisotopic (exact) mass is 356 g/mol. The molecular formula is C15H20N2O6S. The highest BCUT2D eigenvalue weighted by Gasteiger charge is 2.21. The summed E-state index contributed by atoms with van der Waals surface area (Å²) in [6.07, 6.45) is 1.48. The second kappa shape index (κ2) is 9.16. The Morgan fingerprint density at radius 1 is 1.42 bits per heavy atom. The van der Waals surface area contributed by atoms with Gasteiger partial charge in [0.15, 0.2) is 0 Å². The molecule has 0 heterocycles. The fourth-order valence-corrected chi connectivity index (χ4v) is 2.83. The molecule has 0 radical (unpaired) electrons. The molecule has 9 heteroatoms. The maximum atomic E-state index is 12.2. The zero-order valence-corrected chi connectivity index (χ0v) is 14.0. The molecular weight excluding hydrogens is 336 g/mol. The molecule has 1 rings (SSSR count). The zero-order valence-electron chi connectivity index (χ0n) is 13.2. The lowest BCUT2D eigenvalue weighted by Crippen LogP contribution is -2.41. The summed E-state index contributed by atoms with van der Waals surface area (Å²) in [4.78, 5) is 23.2. The van der Waals surface area contributed by atoms with Gasteiger partial charge in [0.2, 0.25) is 10.0 Å². The third-order valence-corrected chi connectivity index (χ3v) is 4.46. The minimum absolute atomic E-state index is 0.0418. The molecule has 132 valence electrons. The largest absolute Gasteiger partial charge is 0.480 e. The Labute approximate surface area is 140 Å². The van der Waals surface area contributed by atoms with E-state index in [1.165, 1.54) is 37.5 Å². The molecule has 1 amide bonds. The van der Waals surface area contributed by atoms with Crippen molar-refractivity contribution in [1.82, 2.24) is 10.0 Å². The summed E-state index contributed by atoms with van der Waals surface area (Å²) in [6.45, 7) is 3.64. The second-order valence-electron chi connectivity index (χ2n) is 4.81. The number of aliphatic carboxylic acids is 1. The summed E-state index contributed by atoms with van der Waals surface area (Å²) in [5.74, 6) is -1.88. The first-order chi connectivity index (χ1) is 11.3. The van der Waals surface area contributed by atoms with Gasteiger partial charge in [-0.25, -0.2) is 17.9 Å². The van der Waals surface area contributed by atoms with E-state index in [-0.39, 0.29) is 30.0 Å². The van der Waals surface area contributed by atoms with Crippen LogP contribution in [0.1, 0.15) is 16.8 Å². The zero-order chi connectivity index (χ0) is 18.2. The highest BCUT2D eigenvalue weighted by Crippen LogP contribution is 2.12. The molecule has 3 N–H and O–H groups in total. The number of carbonyl (C=O) groups excluding carboxylic acids is 1. The number of carbonyl (C=O) groups is 2. The Balaban J connectivity index is 2.94. The van der Waals surface area contributed by atoms with Crippen molar-refractivity contribution >= 4 is 21.9 Å². The molecule has 0 aliphatic heterocycles. The van der Waals surface area contributed by atoms with E-state index >= 15 is 0 Å². The van der Waals surface area contributed by atoms with Crippen LogP contribution in [0.2, 0.25) is 0 Å². The average molecular weight is 356 g/mol. The summed E-state index contributed by atoms with van der Waals surface area (Å²) in [6, 6.07) is 4.19. The maximum absolute atomic E-state index is 12.2. The van der Waals surface area contributed by atoms with Crippen molar-refractivity contribution in [2.45, 2.75) is 17.4 Å². The smallest absolute Gasteiger partial charge is 0.326 e. The van der Waals surface area contributed by atoms with E-state index in [0.717, 1.165) is 0 Å². The summed E-state index contributed by atoms with van der Waals surface area (Å²) in [7, 11) is -2.35. The molecule has 1 aromatic rings. The van der Waals surface area contributed by atoms with Gasteiger partial charge in [0, 0.05) is 32.2 Å². The highest BCUT2D eigenvalue weighted by molar-refractivity contribution is 7.89. The average Bonchev–Trinajstić information content (AvgIpc) is 2.56. The van der Waals surface area contributed by atoms with Crippen molar-refractivity contribution in [2.75, 3.05) is 20.3 Å². The van der Waals surface area contributed by atoms with Gasteiger partial charge >= 0.3 is 5.97 Å². The van der Waals surface area contributed by atoms with E-state index < -0.39 is 27.9 Å². The van der Waals surface area contributed by atoms with Crippen LogP contribution in [0.4, 0.5) is 0 Å². The number of hydrogen-bond acceptors (Lipinski definition) is 5. The SMILES string of the molecule is C=CCNS(=O)(=O)c1cccc(C(=O)NC(CCOC)C(=O)O)c1. The van der Waals surface area contributed by atoms with Gasteiger partial charge < -0.3 is 15.2 Å². The van der Waals surface area contributed by atoms with Crippen LogP contribution in [0.25, 0.3) is 0 Å². The number of carboxylic acid groups (broad SMARTS) is 1. The van der Waals surface area contributed by atoms with Crippen molar-refractivity contribution < 1.29 is 27.9 Å². The molecule has 0 spiro atoms. The van der Waals surface area contributed by atoms with Gasteiger partial charge in [-0.3, -0.25) is 4.79 Å². The Bertz CT molecular complexity index is 702. The first kappa shape index (κ1) is 19.8. The van der Waals surface area contributed by atoms with Gasteiger partial charge in [0.05, 0.1) is 4.90 Å². The molecule has 1 unspecified atom stereocenters. The van der Waals surface area contributed by atoms with Crippen molar-refractivity contribution in [3.8, 4) is 0 Å². The van der Waals surface area contributed by atoms with Crippen LogP contribution in [0.3, 0.4) is 0 Å². The molecule has 0 aliphatic rings. The van der Waals surface area contributed by atoms with E-state index in [1.54, 1.807) is 0 Å². The fourth-order valence-electron chi connectivity index (χ4n) is 1.79. The molecule has 8 nitrogen and oxygen atoms in total. The molecule has 0 aliphatic carbocycles. The van der Waals surface area contributed by atoms with E-state index in [9.17, 15) is 18.0 Å². The number of benzene rings is 1. The van der Waals surface area contributed by atoms with Gasteiger partial charge in [-0.2, -0.15) is 0 Å². The maximum Gasteiger partial charge on any atom is 0.326 e. The van der Waals surface area contributed by atoms with E-state index in [2.05, 4.69) is 16.6 Å². The molecule has 0 aromatic heterocycles. The van der Waals surface area contributed by atoms with Crippen molar-refractivity contribution in [1.29, 1.82) is 0 Å². The number of amides is 1. The minimum atomic E-state index is -3.77. The van der Waals surface area contributed by atoms with Crippen LogP contribution in [0.15, 0.2) is 41.8 Å². The third-order valence-electron chi connectivity index (χ3n) is 3.04. The Kier molecular flexibility index (Phi) is 7.56. The third kappa shape index (κ3) is 5.76. The van der Waals surface area contributed by atoms with Gasteiger partial charge in [0.1, 0.15) is 6.04 Å². The topological polar surface area (TPSA) is 122 Å². The number of methoxy groups -OCH3 is 1. The number of rotatable bonds is 10. The Morgan fingerprint density at radius 3 is 2.71 bits per heavy atom. The number of nitrogens with one attached hydrogen (secondary N) is 2. The van der Waals surface area contributed by atoms with Crippen molar-refractivity contribution in [2.24, 2.45) is 0 Å². The fraction of sp³-hybridized carbons (Fsp3) is 0.333. The van der Waals surface area contributed by atoms with Gasteiger partial charge in [-0.05, 0) is 18.2 Å². The van der Waals surface area contributed by atoms with E-state index in [1.807, 2.05) is 0 Å². The molecule has 1 atom stereocenters. The molecule has 24 heavy (non-hydrogen) atoms. The first-order valence-corrected chi connectivity index (χ1v) is 8.53. The highest BCUT2D eigenvalue weighted by atomic mass is 32.2. The summed E-state index contributed by atoms with van der Waals surface area (Å²) in [5.41, 5.74) is 0.0418. The minimum Gasteiger partial charge on any atom is -0.480 e. The van der Waals surface area contributed by atoms with E-state index in [0.29, 0.717) is 0 Å². The number of sulfonamides is 1. The predicted octanol–water partition coefficient (Wildman–Crippen LogP) is 0.370. The van der Waals surface area contributed by atoms with Gasteiger partial charge in [-0.1, -0.05) is 12.1 Å². The molecule has 0 bridgehead atoms. The lowest BCUT2D eigenvalue weighted by atomic mass is 10.1. The molecule has 0 saturated heterocycles. The quantitative estimate of drug-likeness (QED) is 0.521. The van der Waals surface area contributed by atoms with Crippen LogP contribution in [0, 0.1) is 0 Å². The van der Waals surface area contributed by atoms with Crippen molar-refractivity contribution in [3.63, 3.8) is 0 Å². The van der Waals surface area contributed by atoms with E-state index in [4.69, 9.17) is 9.84 Å². The standard InChI is InChI=1S/C15H20N2O6S/c1-3-8-16-24(21,22)12-6-4-5-11(10-12)14(18)17-13(15(19)20)7-9-23-2/h3-6,10,13,16H,1,7-9H2,2H3,(H,17,18)(H,19,20). The molecule has 1 aromatic carbocycles. The van der Waals surface area contributed by atoms with Gasteiger partial charge in [-0.15, -0.1) is 6.58 Å². The normalized spacial score (nSPS) is 12.4. The lowest BCUT2D eigenvalue weighted by Gasteiger charge is -2.14. The number of hydrogen-bond donors (Lipinski definition) is 3. The Morgan fingerprint density at radius 2 is 2.12 bits per heavy atom. The van der Waals surface area contributed by atoms with Crippen LogP contribution < -0.4 is 10.0 Å². The predicted molar refractivity (Wildman–Crippen MR) is 87.2 cm³/mol. The van der Waals surface area contributed by atoms with Gasteiger partial charge in [0.25, 0.3) is 5.91 Å². The summed E-state index contributed by atoms with van der Waals surface area (Å²) >= 11 is 0. The second-order valence-corrected chi connectivity index (χ2v) is 6.58. The van der Waals surface area contributed by atoms with Crippen LogP contribution in [0.5, 0.6) is 0 Å². The van der Waals surface area contributed by atoms with Crippen LogP contribution in [-0.4, -0.2) is 51.7 Å². The Hall–Kier alpha value is -2.23. The van der Waals surface area contributed by atoms with Crippen LogP contribution in [-0.2, 0) is 19.6 Å². The number of ether oxygens (including phenoxy) is 1. The first-order valence-electron chi connectivity index (χ1n) is 7.05. The van der Waals surface area contributed by atoms with Crippen molar-refractivity contribution in [3.05, 3.63) is 42.5 Å². The summed E-state index contributed by atoms with van der Waals surface area (Å²) in [5, 5.41) is 11.4. The molecule has 0 saturated carbocycles. The van der Waals surface area contributed by atoms with Crippen LogP contribution >= 0.6 is 0 Å². The summed E-state index contributed by atoms with van der Waals surface area (Å²) < 4.78 is 31.2. The lowest BCUT2D eigenvalue weighted by molar-refractivity contribution is -0.139. The number of carboxylic acids is 1.